The smallest absolute Gasteiger partial charge is 0.335 e. The highest BCUT2D eigenvalue weighted by molar-refractivity contribution is 5.88. The molecule has 0 bridgehead atoms. The summed E-state index contributed by atoms with van der Waals surface area (Å²) in [5, 5.41) is 18.7. The molecule has 0 aliphatic carbocycles. The van der Waals surface area contributed by atoms with Gasteiger partial charge in [0.1, 0.15) is 0 Å². The molecule has 2 N–H and O–H groups in total. The molecule has 0 heterocycles. The van der Waals surface area contributed by atoms with E-state index in [4.69, 9.17) is 0 Å². The van der Waals surface area contributed by atoms with Crippen molar-refractivity contribution in [3.8, 4) is 0 Å². The first-order valence-corrected chi connectivity index (χ1v) is 10.7. The van der Waals surface area contributed by atoms with Crippen molar-refractivity contribution in [1.82, 2.24) is 0 Å². The van der Waals surface area contributed by atoms with E-state index in [0.29, 0.717) is 0 Å². The van der Waals surface area contributed by atoms with Gasteiger partial charge in [0.05, 0.1) is 11.1 Å². The average molecular weight is 417 g/mol. The van der Waals surface area contributed by atoms with E-state index in [-0.39, 0.29) is 11.1 Å². The van der Waals surface area contributed by atoms with Crippen molar-refractivity contribution in [2.45, 2.75) is 44.4 Å². The third-order valence-electron chi connectivity index (χ3n) is 5.92. The van der Waals surface area contributed by atoms with Crippen molar-refractivity contribution < 1.29 is 19.8 Å². The predicted octanol–water partition coefficient (Wildman–Crippen LogP) is 6.39. The van der Waals surface area contributed by atoms with Gasteiger partial charge in [-0.25, -0.2) is 9.59 Å². The molecule has 31 heavy (non-hydrogen) atoms. The fourth-order valence-electron chi connectivity index (χ4n) is 4.27. The number of hydrogen-bond acceptors (Lipinski definition) is 2. The number of rotatable bonds is 10. The van der Waals surface area contributed by atoms with Crippen LogP contribution in [0.3, 0.4) is 0 Å². The SMILES string of the molecule is CCCCCCC(c1ccccc1)(c1ccc(C(=O)O)cc1)c1ccc(C(=O)O)cc1. The first-order chi connectivity index (χ1) is 15.0. The standard InChI is InChI=1S/C27H28O4/c1-2-3-4-8-19-27(22-9-6-5-7-10-22,23-15-11-20(12-16-23)25(28)29)24-17-13-21(14-18-24)26(30)31/h5-7,9-18H,2-4,8,19H2,1H3,(H,28,29)(H,30,31). The van der Waals surface area contributed by atoms with Crippen molar-refractivity contribution in [2.75, 3.05) is 0 Å². The molecule has 0 aromatic heterocycles. The summed E-state index contributed by atoms with van der Waals surface area (Å²) < 4.78 is 0. The lowest BCUT2D eigenvalue weighted by Gasteiger charge is -2.36. The number of carbonyl (C=O) groups is 2. The molecule has 0 aliphatic heterocycles. The summed E-state index contributed by atoms with van der Waals surface area (Å²) in [6, 6.07) is 24.3. The van der Waals surface area contributed by atoms with Gasteiger partial charge in [0.25, 0.3) is 0 Å². The van der Waals surface area contributed by atoms with Gasteiger partial charge < -0.3 is 10.2 Å². The van der Waals surface area contributed by atoms with Crippen LogP contribution in [0.5, 0.6) is 0 Å². The van der Waals surface area contributed by atoms with E-state index >= 15 is 0 Å². The van der Waals surface area contributed by atoms with Gasteiger partial charge in [0.2, 0.25) is 0 Å². The Labute approximate surface area is 183 Å². The van der Waals surface area contributed by atoms with Gasteiger partial charge in [-0.3, -0.25) is 0 Å². The summed E-state index contributed by atoms with van der Waals surface area (Å²) >= 11 is 0. The van der Waals surface area contributed by atoms with Crippen LogP contribution >= 0.6 is 0 Å². The van der Waals surface area contributed by atoms with E-state index in [1.807, 2.05) is 42.5 Å². The van der Waals surface area contributed by atoms with Crippen LogP contribution in [0.15, 0.2) is 78.9 Å². The molecule has 4 nitrogen and oxygen atoms in total. The Kier molecular flexibility index (Phi) is 7.24. The van der Waals surface area contributed by atoms with Crippen molar-refractivity contribution in [3.63, 3.8) is 0 Å². The molecule has 0 spiro atoms. The van der Waals surface area contributed by atoms with Gasteiger partial charge in [-0.05, 0) is 47.4 Å². The molecule has 0 radical (unpaired) electrons. The summed E-state index contributed by atoms with van der Waals surface area (Å²) in [4.78, 5) is 22.8. The van der Waals surface area contributed by atoms with E-state index in [1.165, 1.54) is 0 Å². The third-order valence-corrected chi connectivity index (χ3v) is 5.92. The summed E-state index contributed by atoms with van der Waals surface area (Å²) in [6.45, 7) is 2.18. The van der Waals surface area contributed by atoms with Gasteiger partial charge in [-0.1, -0.05) is 87.2 Å². The molecule has 0 aliphatic rings. The first-order valence-electron chi connectivity index (χ1n) is 10.7. The highest BCUT2D eigenvalue weighted by Crippen LogP contribution is 2.43. The molecule has 0 unspecified atom stereocenters. The molecule has 3 aromatic rings. The minimum Gasteiger partial charge on any atom is -0.478 e. The second kappa shape index (κ2) is 10.1. The molecule has 3 rings (SSSR count). The van der Waals surface area contributed by atoms with E-state index < -0.39 is 17.4 Å². The number of aromatic carboxylic acids is 2. The van der Waals surface area contributed by atoms with Crippen LogP contribution in [0.25, 0.3) is 0 Å². The average Bonchev–Trinajstić information content (AvgIpc) is 2.80. The Morgan fingerprint density at radius 2 is 1.10 bits per heavy atom. The lowest BCUT2D eigenvalue weighted by atomic mass is 9.66. The minimum absolute atomic E-state index is 0.248. The van der Waals surface area contributed by atoms with Crippen LogP contribution in [-0.4, -0.2) is 22.2 Å². The number of benzene rings is 3. The first kappa shape index (κ1) is 22.3. The lowest BCUT2D eigenvalue weighted by molar-refractivity contribution is 0.0686. The number of carboxylic acids is 2. The Hall–Kier alpha value is -3.40. The maximum atomic E-state index is 11.4. The van der Waals surface area contributed by atoms with Crippen molar-refractivity contribution in [1.29, 1.82) is 0 Å². The van der Waals surface area contributed by atoms with Gasteiger partial charge in [-0.15, -0.1) is 0 Å². The molecule has 0 amide bonds. The van der Waals surface area contributed by atoms with E-state index in [2.05, 4.69) is 19.1 Å². The van der Waals surface area contributed by atoms with Crippen LogP contribution in [-0.2, 0) is 5.41 Å². The summed E-state index contributed by atoms with van der Waals surface area (Å²) in [5.41, 5.74) is 3.11. The highest BCUT2D eigenvalue weighted by Gasteiger charge is 2.36. The fourth-order valence-corrected chi connectivity index (χ4v) is 4.27. The lowest BCUT2D eigenvalue weighted by Crippen LogP contribution is -2.29. The summed E-state index contributed by atoms with van der Waals surface area (Å²) in [7, 11) is 0. The highest BCUT2D eigenvalue weighted by atomic mass is 16.4. The topological polar surface area (TPSA) is 74.6 Å². The van der Waals surface area contributed by atoms with Crippen LogP contribution in [0.2, 0.25) is 0 Å². The monoisotopic (exact) mass is 416 g/mol. The molecule has 0 atom stereocenters. The second-order valence-corrected chi connectivity index (χ2v) is 7.85. The fraction of sp³-hybridized carbons (Fsp3) is 0.259. The zero-order valence-electron chi connectivity index (χ0n) is 17.8. The second-order valence-electron chi connectivity index (χ2n) is 7.85. The normalized spacial score (nSPS) is 11.3. The maximum absolute atomic E-state index is 11.4. The van der Waals surface area contributed by atoms with Crippen LogP contribution in [0, 0.1) is 0 Å². The largest absolute Gasteiger partial charge is 0.478 e. The predicted molar refractivity (Wildman–Crippen MR) is 122 cm³/mol. The molecular weight excluding hydrogens is 388 g/mol. The summed E-state index contributed by atoms with van der Waals surface area (Å²) in [5.74, 6) is -1.91. The van der Waals surface area contributed by atoms with E-state index in [9.17, 15) is 19.8 Å². The Morgan fingerprint density at radius 1 is 0.645 bits per heavy atom. The zero-order chi connectivity index (χ0) is 22.3. The maximum Gasteiger partial charge on any atom is 0.335 e. The zero-order valence-corrected chi connectivity index (χ0v) is 17.8. The minimum atomic E-state index is -0.953. The Balaban J connectivity index is 2.19. The van der Waals surface area contributed by atoms with Crippen molar-refractivity contribution in [2.24, 2.45) is 0 Å². The number of hydrogen-bond donors (Lipinski definition) is 2. The number of carboxylic acid groups (broad SMARTS) is 2. The molecule has 0 saturated carbocycles. The molecule has 160 valence electrons. The Bertz CT molecular complexity index is 948. The van der Waals surface area contributed by atoms with Gasteiger partial charge in [0.15, 0.2) is 0 Å². The van der Waals surface area contributed by atoms with Gasteiger partial charge in [0, 0.05) is 5.41 Å². The van der Waals surface area contributed by atoms with Crippen LogP contribution < -0.4 is 0 Å². The molecule has 3 aromatic carbocycles. The molecule has 0 fully saturated rings. The number of unbranched alkanes of at least 4 members (excludes halogenated alkanes) is 3. The van der Waals surface area contributed by atoms with E-state index in [0.717, 1.165) is 48.8 Å². The Morgan fingerprint density at radius 3 is 1.52 bits per heavy atom. The van der Waals surface area contributed by atoms with Crippen molar-refractivity contribution in [3.05, 3.63) is 107 Å². The molecular formula is C27H28O4. The third kappa shape index (κ3) is 4.85. The van der Waals surface area contributed by atoms with Crippen molar-refractivity contribution >= 4 is 11.9 Å². The van der Waals surface area contributed by atoms with Gasteiger partial charge >= 0.3 is 11.9 Å². The molecule has 0 saturated heterocycles. The van der Waals surface area contributed by atoms with Crippen LogP contribution in [0.1, 0.15) is 76.4 Å². The van der Waals surface area contributed by atoms with Crippen LogP contribution in [0.4, 0.5) is 0 Å². The van der Waals surface area contributed by atoms with Gasteiger partial charge in [-0.2, -0.15) is 0 Å². The molecule has 4 heteroatoms. The summed E-state index contributed by atoms with van der Waals surface area (Å²) in [6.07, 6.45) is 5.24. The quantitative estimate of drug-likeness (QED) is 0.297. The van der Waals surface area contributed by atoms with E-state index in [1.54, 1.807) is 24.3 Å².